The molecule has 1 aromatic carbocycles. The summed E-state index contributed by atoms with van der Waals surface area (Å²) < 4.78 is 1.08. The van der Waals surface area contributed by atoms with Crippen LogP contribution in [0.4, 0.5) is 0 Å². The maximum Gasteiger partial charge on any atom is 0.320 e. The molecule has 2 atom stereocenters. The molecular formula is C16H24BrNO2. The summed E-state index contributed by atoms with van der Waals surface area (Å²) in [6.07, 6.45) is 4.45. The Morgan fingerprint density at radius 1 is 1.25 bits per heavy atom. The van der Waals surface area contributed by atoms with Crippen LogP contribution in [0, 0.1) is 0 Å². The first-order chi connectivity index (χ1) is 9.56. The molecule has 0 saturated heterocycles. The number of hydrogen-bond donors (Lipinski definition) is 2. The van der Waals surface area contributed by atoms with Gasteiger partial charge in [-0.05, 0) is 43.4 Å². The highest BCUT2D eigenvalue weighted by atomic mass is 79.9. The van der Waals surface area contributed by atoms with Crippen molar-refractivity contribution in [1.29, 1.82) is 0 Å². The minimum atomic E-state index is -0.742. The van der Waals surface area contributed by atoms with Crippen LogP contribution in [-0.2, 0) is 11.2 Å². The number of nitrogens with one attached hydrogen (secondary N) is 1. The molecule has 0 saturated carbocycles. The first-order valence-electron chi connectivity index (χ1n) is 7.30. The van der Waals surface area contributed by atoms with Crippen molar-refractivity contribution < 1.29 is 9.90 Å². The van der Waals surface area contributed by atoms with Crippen LogP contribution in [0.1, 0.15) is 45.1 Å². The molecule has 0 aliphatic carbocycles. The van der Waals surface area contributed by atoms with E-state index < -0.39 is 12.0 Å². The van der Waals surface area contributed by atoms with Gasteiger partial charge in [-0.3, -0.25) is 4.79 Å². The largest absolute Gasteiger partial charge is 0.480 e. The van der Waals surface area contributed by atoms with E-state index in [-0.39, 0.29) is 6.04 Å². The molecule has 0 aliphatic rings. The molecule has 4 heteroatoms. The van der Waals surface area contributed by atoms with Crippen LogP contribution >= 0.6 is 15.9 Å². The number of rotatable bonds is 9. The number of aliphatic carboxylic acids is 1. The van der Waals surface area contributed by atoms with E-state index in [0.29, 0.717) is 6.42 Å². The first-order valence-corrected chi connectivity index (χ1v) is 8.09. The van der Waals surface area contributed by atoms with Gasteiger partial charge in [-0.1, -0.05) is 48.3 Å². The molecule has 0 heterocycles. The van der Waals surface area contributed by atoms with E-state index in [4.69, 9.17) is 0 Å². The molecule has 0 spiro atoms. The molecule has 0 aromatic heterocycles. The summed E-state index contributed by atoms with van der Waals surface area (Å²) in [5.41, 5.74) is 1.29. The third kappa shape index (κ3) is 6.06. The van der Waals surface area contributed by atoms with Crippen molar-refractivity contribution in [2.24, 2.45) is 0 Å². The van der Waals surface area contributed by atoms with Gasteiger partial charge in [0.2, 0.25) is 0 Å². The Balaban J connectivity index is 2.49. The molecule has 2 N–H and O–H groups in total. The fourth-order valence-corrected chi connectivity index (χ4v) is 2.51. The maximum atomic E-state index is 11.2. The van der Waals surface area contributed by atoms with E-state index in [9.17, 15) is 9.90 Å². The Bertz CT molecular complexity index is 405. The predicted octanol–water partition coefficient (Wildman–Crippen LogP) is 4.00. The van der Waals surface area contributed by atoms with E-state index in [1.54, 1.807) is 0 Å². The van der Waals surface area contributed by atoms with Gasteiger partial charge in [0.15, 0.2) is 0 Å². The molecule has 1 aromatic rings. The number of aryl methyl sites for hydroxylation is 1. The van der Waals surface area contributed by atoms with Crippen molar-refractivity contribution in [2.75, 3.05) is 0 Å². The smallest absolute Gasteiger partial charge is 0.320 e. The number of benzene rings is 1. The summed E-state index contributed by atoms with van der Waals surface area (Å²) in [7, 11) is 0. The molecule has 0 fully saturated rings. The molecule has 0 bridgehead atoms. The second-order valence-corrected chi connectivity index (χ2v) is 6.03. The highest BCUT2D eigenvalue weighted by Gasteiger charge is 2.19. The first kappa shape index (κ1) is 17.2. The topological polar surface area (TPSA) is 49.3 Å². The average molecular weight is 342 g/mol. The molecular weight excluding hydrogens is 318 g/mol. The summed E-state index contributed by atoms with van der Waals surface area (Å²) in [4.78, 5) is 11.2. The van der Waals surface area contributed by atoms with Crippen molar-refractivity contribution in [2.45, 2.75) is 58.0 Å². The van der Waals surface area contributed by atoms with Crippen LogP contribution in [0.15, 0.2) is 28.7 Å². The highest BCUT2D eigenvalue weighted by molar-refractivity contribution is 9.10. The fourth-order valence-electron chi connectivity index (χ4n) is 2.25. The van der Waals surface area contributed by atoms with Gasteiger partial charge in [0.25, 0.3) is 0 Å². The summed E-state index contributed by atoms with van der Waals surface area (Å²) in [5, 5.41) is 12.5. The Morgan fingerprint density at radius 3 is 2.40 bits per heavy atom. The zero-order chi connectivity index (χ0) is 15.0. The zero-order valence-electron chi connectivity index (χ0n) is 12.2. The molecule has 1 rings (SSSR count). The standard InChI is InChI=1S/C16H24BrNO2/c1-3-5-15(16(19)20)18-14(4-2)11-8-12-6-9-13(17)10-7-12/h6-7,9-10,14-15,18H,3-5,8,11H2,1-2H3,(H,19,20). The van der Waals surface area contributed by atoms with Crippen LogP contribution in [-0.4, -0.2) is 23.2 Å². The lowest BCUT2D eigenvalue weighted by molar-refractivity contribution is -0.139. The quantitative estimate of drug-likeness (QED) is 0.713. The normalized spacial score (nSPS) is 13.9. The lowest BCUT2D eigenvalue weighted by Gasteiger charge is -2.22. The van der Waals surface area contributed by atoms with Crippen LogP contribution in [0.5, 0.6) is 0 Å². The third-order valence-electron chi connectivity index (χ3n) is 3.50. The monoisotopic (exact) mass is 341 g/mol. The lowest BCUT2D eigenvalue weighted by atomic mass is 10.0. The maximum absolute atomic E-state index is 11.2. The minimum Gasteiger partial charge on any atom is -0.480 e. The Kier molecular flexibility index (Phi) is 7.85. The summed E-state index contributed by atoms with van der Waals surface area (Å²) in [6, 6.07) is 8.14. The Morgan fingerprint density at radius 2 is 1.90 bits per heavy atom. The van der Waals surface area contributed by atoms with E-state index in [2.05, 4.69) is 40.3 Å². The number of carboxylic acids is 1. The molecule has 112 valence electrons. The fraction of sp³-hybridized carbons (Fsp3) is 0.562. The van der Waals surface area contributed by atoms with Crippen LogP contribution in [0.3, 0.4) is 0 Å². The van der Waals surface area contributed by atoms with Crippen molar-refractivity contribution in [3.8, 4) is 0 Å². The third-order valence-corrected chi connectivity index (χ3v) is 4.03. The lowest BCUT2D eigenvalue weighted by Crippen LogP contribution is -2.43. The van der Waals surface area contributed by atoms with Gasteiger partial charge in [-0.25, -0.2) is 0 Å². The summed E-state index contributed by atoms with van der Waals surface area (Å²) in [6.45, 7) is 4.12. The number of hydrogen-bond acceptors (Lipinski definition) is 2. The van der Waals surface area contributed by atoms with Crippen LogP contribution in [0.2, 0.25) is 0 Å². The van der Waals surface area contributed by atoms with Crippen molar-refractivity contribution in [1.82, 2.24) is 5.32 Å². The van der Waals surface area contributed by atoms with Crippen LogP contribution < -0.4 is 5.32 Å². The van der Waals surface area contributed by atoms with Crippen molar-refractivity contribution in [3.63, 3.8) is 0 Å². The number of carboxylic acid groups (broad SMARTS) is 1. The van der Waals surface area contributed by atoms with Crippen LogP contribution in [0.25, 0.3) is 0 Å². The predicted molar refractivity (Wildman–Crippen MR) is 86.0 cm³/mol. The average Bonchev–Trinajstić information content (AvgIpc) is 2.43. The van der Waals surface area contributed by atoms with E-state index in [1.165, 1.54) is 5.56 Å². The molecule has 0 aliphatic heterocycles. The number of carbonyl (C=O) groups is 1. The second kappa shape index (κ2) is 9.14. The summed E-state index contributed by atoms with van der Waals surface area (Å²) in [5.74, 6) is -0.742. The molecule has 2 unspecified atom stereocenters. The minimum absolute atomic E-state index is 0.256. The van der Waals surface area contributed by atoms with Gasteiger partial charge in [-0.15, -0.1) is 0 Å². The van der Waals surface area contributed by atoms with Crippen molar-refractivity contribution >= 4 is 21.9 Å². The van der Waals surface area contributed by atoms with E-state index in [1.807, 2.05) is 19.1 Å². The highest BCUT2D eigenvalue weighted by Crippen LogP contribution is 2.13. The van der Waals surface area contributed by atoms with Gasteiger partial charge in [-0.2, -0.15) is 0 Å². The van der Waals surface area contributed by atoms with E-state index in [0.717, 1.165) is 30.2 Å². The van der Waals surface area contributed by atoms with Crippen molar-refractivity contribution in [3.05, 3.63) is 34.3 Å². The molecule has 0 amide bonds. The number of halogens is 1. The molecule has 3 nitrogen and oxygen atoms in total. The molecule has 20 heavy (non-hydrogen) atoms. The SMILES string of the molecule is CCCC(NC(CC)CCc1ccc(Br)cc1)C(=O)O. The van der Waals surface area contributed by atoms with E-state index >= 15 is 0 Å². The Hall–Kier alpha value is -0.870. The zero-order valence-corrected chi connectivity index (χ0v) is 13.8. The van der Waals surface area contributed by atoms with Gasteiger partial charge < -0.3 is 10.4 Å². The van der Waals surface area contributed by atoms with Gasteiger partial charge in [0.1, 0.15) is 6.04 Å². The second-order valence-electron chi connectivity index (χ2n) is 5.12. The van der Waals surface area contributed by atoms with Gasteiger partial charge in [0, 0.05) is 10.5 Å². The summed E-state index contributed by atoms with van der Waals surface area (Å²) >= 11 is 3.43. The molecule has 0 radical (unpaired) electrons. The van der Waals surface area contributed by atoms with Gasteiger partial charge in [0.05, 0.1) is 0 Å². The van der Waals surface area contributed by atoms with Gasteiger partial charge >= 0.3 is 5.97 Å². The Labute approximate surface area is 129 Å².